The van der Waals surface area contributed by atoms with Crippen molar-refractivity contribution in [3.63, 3.8) is 0 Å². The Morgan fingerprint density at radius 3 is 3.23 bits per heavy atom. The van der Waals surface area contributed by atoms with Crippen molar-refractivity contribution in [1.29, 1.82) is 0 Å². The lowest BCUT2D eigenvalue weighted by Gasteiger charge is -2.29. The summed E-state index contributed by atoms with van der Waals surface area (Å²) in [7, 11) is 1.86. The summed E-state index contributed by atoms with van der Waals surface area (Å²) in [5, 5.41) is 11.0. The fraction of sp³-hybridized carbons (Fsp3) is 0.444. The Labute approximate surface area is 80.6 Å². The van der Waals surface area contributed by atoms with Crippen molar-refractivity contribution in [2.24, 2.45) is 0 Å². The minimum atomic E-state index is -0.748. The van der Waals surface area contributed by atoms with Crippen molar-refractivity contribution in [3.8, 4) is 0 Å². The average Bonchev–Trinajstić information content (AvgIpc) is 2.50. The predicted molar refractivity (Wildman–Crippen MR) is 51.0 cm³/mol. The number of carbonyl (C=O) groups is 1. The zero-order valence-electron chi connectivity index (χ0n) is 7.36. The molecule has 0 saturated carbocycles. The van der Waals surface area contributed by atoms with E-state index in [1.54, 1.807) is 11.3 Å². The summed E-state index contributed by atoms with van der Waals surface area (Å²) in [6.45, 7) is 0.838. The molecule has 2 rings (SSSR count). The lowest BCUT2D eigenvalue weighted by molar-refractivity contribution is -0.143. The number of aliphatic carboxylic acids is 1. The molecule has 1 aliphatic rings. The van der Waals surface area contributed by atoms with Crippen LogP contribution in [0, 0.1) is 0 Å². The summed E-state index contributed by atoms with van der Waals surface area (Å²) in [4.78, 5) is 14.1. The molecule has 1 aromatic rings. The van der Waals surface area contributed by atoms with Gasteiger partial charge in [-0.15, -0.1) is 11.3 Å². The van der Waals surface area contributed by atoms with E-state index in [4.69, 9.17) is 5.11 Å². The molecule has 0 fully saturated rings. The van der Waals surface area contributed by atoms with E-state index in [0.717, 1.165) is 18.5 Å². The maximum atomic E-state index is 11.0. The number of carboxylic acids is 1. The van der Waals surface area contributed by atoms with Crippen LogP contribution in [0.1, 0.15) is 16.5 Å². The van der Waals surface area contributed by atoms with Crippen LogP contribution in [0.2, 0.25) is 0 Å². The SMILES string of the molecule is CN1CCc2sccc2C1C(=O)O. The Hall–Kier alpha value is -0.870. The summed E-state index contributed by atoms with van der Waals surface area (Å²) in [5.41, 5.74) is 0.978. The standard InChI is InChI=1S/C9H11NO2S/c1-10-4-2-7-6(3-5-13-7)8(10)9(11)12/h3,5,8H,2,4H2,1H3,(H,11,12). The van der Waals surface area contributed by atoms with Gasteiger partial charge in [0.25, 0.3) is 0 Å². The third-order valence-corrected chi connectivity index (χ3v) is 3.44. The monoisotopic (exact) mass is 197 g/mol. The molecular weight excluding hydrogens is 186 g/mol. The summed E-state index contributed by atoms with van der Waals surface area (Å²) < 4.78 is 0. The van der Waals surface area contributed by atoms with Gasteiger partial charge in [-0.1, -0.05) is 0 Å². The lowest BCUT2D eigenvalue weighted by atomic mass is 10.0. The van der Waals surface area contributed by atoms with Crippen LogP contribution >= 0.6 is 11.3 Å². The van der Waals surface area contributed by atoms with E-state index in [2.05, 4.69) is 0 Å². The van der Waals surface area contributed by atoms with Gasteiger partial charge in [-0.2, -0.15) is 0 Å². The van der Waals surface area contributed by atoms with Crippen LogP contribution in [0.5, 0.6) is 0 Å². The molecule has 1 atom stereocenters. The molecule has 2 heterocycles. The van der Waals surface area contributed by atoms with Crippen molar-refractivity contribution in [1.82, 2.24) is 4.90 Å². The fourth-order valence-corrected chi connectivity index (χ4v) is 2.67. The zero-order valence-corrected chi connectivity index (χ0v) is 8.17. The number of hydrogen-bond donors (Lipinski definition) is 1. The van der Waals surface area contributed by atoms with E-state index in [9.17, 15) is 4.79 Å². The summed E-state index contributed by atoms with van der Waals surface area (Å²) in [6, 6.07) is 1.49. The average molecular weight is 197 g/mol. The van der Waals surface area contributed by atoms with E-state index in [1.165, 1.54) is 4.88 Å². The largest absolute Gasteiger partial charge is 0.480 e. The van der Waals surface area contributed by atoms with E-state index < -0.39 is 12.0 Å². The molecule has 0 spiro atoms. The van der Waals surface area contributed by atoms with Gasteiger partial charge in [-0.05, 0) is 30.5 Å². The van der Waals surface area contributed by atoms with Crippen LogP contribution < -0.4 is 0 Å². The predicted octanol–water partition coefficient (Wildman–Crippen LogP) is 1.36. The molecule has 0 aromatic carbocycles. The second-order valence-electron chi connectivity index (χ2n) is 3.27. The number of thiophene rings is 1. The van der Waals surface area contributed by atoms with Gasteiger partial charge in [0.2, 0.25) is 0 Å². The Morgan fingerprint density at radius 1 is 1.77 bits per heavy atom. The third kappa shape index (κ3) is 1.36. The highest BCUT2D eigenvalue weighted by molar-refractivity contribution is 7.10. The number of likely N-dealkylation sites (N-methyl/N-ethyl adjacent to an activating group) is 1. The second-order valence-corrected chi connectivity index (χ2v) is 4.27. The number of nitrogens with zero attached hydrogens (tertiary/aromatic N) is 1. The normalized spacial score (nSPS) is 22.7. The van der Waals surface area contributed by atoms with E-state index >= 15 is 0 Å². The van der Waals surface area contributed by atoms with Gasteiger partial charge in [0.05, 0.1) is 0 Å². The number of hydrogen-bond acceptors (Lipinski definition) is 3. The molecule has 70 valence electrons. The molecular formula is C9H11NO2S. The first-order valence-corrected chi connectivity index (χ1v) is 5.07. The molecule has 1 unspecified atom stereocenters. The molecule has 13 heavy (non-hydrogen) atoms. The number of fused-ring (bicyclic) bond motifs is 1. The fourth-order valence-electron chi connectivity index (χ4n) is 1.76. The summed E-state index contributed by atoms with van der Waals surface area (Å²) >= 11 is 1.66. The van der Waals surface area contributed by atoms with Gasteiger partial charge < -0.3 is 5.11 Å². The minimum absolute atomic E-state index is 0.435. The van der Waals surface area contributed by atoms with Gasteiger partial charge in [-0.3, -0.25) is 9.69 Å². The van der Waals surface area contributed by atoms with Crippen molar-refractivity contribution >= 4 is 17.3 Å². The Morgan fingerprint density at radius 2 is 2.54 bits per heavy atom. The highest BCUT2D eigenvalue weighted by atomic mass is 32.1. The van der Waals surface area contributed by atoms with Crippen LogP contribution in [0.25, 0.3) is 0 Å². The molecule has 1 N–H and O–H groups in total. The summed E-state index contributed by atoms with van der Waals surface area (Å²) in [6.07, 6.45) is 0.979. The van der Waals surface area contributed by atoms with Gasteiger partial charge in [0.1, 0.15) is 6.04 Å². The third-order valence-electron chi connectivity index (χ3n) is 2.44. The Bertz CT molecular complexity index is 334. The topological polar surface area (TPSA) is 40.5 Å². The second kappa shape index (κ2) is 3.12. The first-order chi connectivity index (χ1) is 6.20. The first-order valence-electron chi connectivity index (χ1n) is 4.19. The molecule has 0 radical (unpaired) electrons. The molecule has 1 aromatic heterocycles. The van der Waals surface area contributed by atoms with Crippen molar-refractivity contribution in [2.75, 3.05) is 13.6 Å². The highest BCUT2D eigenvalue weighted by Crippen LogP contribution is 2.32. The number of rotatable bonds is 1. The van der Waals surface area contributed by atoms with Crippen LogP contribution in [0.4, 0.5) is 0 Å². The van der Waals surface area contributed by atoms with Crippen LogP contribution in [-0.4, -0.2) is 29.6 Å². The van der Waals surface area contributed by atoms with Crippen LogP contribution in [0.15, 0.2) is 11.4 Å². The van der Waals surface area contributed by atoms with Crippen LogP contribution in [-0.2, 0) is 11.2 Å². The Kier molecular flexibility index (Phi) is 2.09. The Balaban J connectivity index is 2.41. The quantitative estimate of drug-likeness (QED) is 0.739. The van der Waals surface area contributed by atoms with E-state index in [1.807, 2.05) is 23.4 Å². The molecule has 0 bridgehead atoms. The van der Waals surface area contributed by atoms with Gasteiger partial charge >= 0.3 is 5.97 Å². The van der Waals surface area contributed by atoms with Gasteiger partial charge in [0.15, 0.2) is 0 Å². The van der Waals surface area contributed by atoms with Crippen LogP contribution in [0.3, 0.4) is 0 Å². The molecule has 0 saturated heterocycles. The molecule has 1 aliphatic heterocycles. The minimum Gasteiger partial charge on any atom is -0.480 e. The molecule has 3 nitrogen and oxygen atoms in total. The zero-order chi connectivity index (χ0) is 9.42. The van der Waals surface area contributed by atoms with E-state index in [0.29, 0.717) is 0 Å². The maximum Gasteiger partial charge on any atom is 0.325 e. The van der Waals surface area contributed by atoms with Crippen molar-refractivity contribution in [2.45, 2.75) is 12.5 Å². The van der Waals surface area contributed by atoms with Gasteiger partial charge in [-0.25, -0.2) is 0 Å². The molecule has 4 heteroatoms. The van der Waals surface area contributed by atoms with Crippen molar-refractivity contribution in [3.05, 3.63) is 21.9 Å². The maximum absolute atomic E-state index is 11.0. The first kappa shape index (κ1) is 8.72. The lowest BCUT2D eigenvalue weighted by Crippen LogP contribution is -2.35. The van der Waals surface area contributed by atoms with Gasteiger partial charge in [0, 0.05) is 11.4 Å². The molecule has 0 aliphatic carbocycles. The van der Waals surface area contributed by atoms with Crippen molar-refractivity contribution < 1.29 is 9.90 Å². The smallest absolute Gasteiger partial charge is 0.325 e. The summed E-state index contributed by atoms with van der Waals surface area (Å²) in [5.74, 6) is -0.748. The van der Waals surface area contributed by atoms with E-state index in [-0.39, 0.29) is 0 Å². The molecule has 0 amide bonds. The highest BCUT2D eigenvalue weighted by Gasteiger charge is 2.30. The number of carboxylic acid groups (broad SMARTS) is 1.